The molecule has 0 spiro atoms. The highest BCUT2D eigenvalue weighted by Crippen LogP contribution is 2.28. The molecule has 194 valence electrons. The van der Waals surface area contributed by atoms with Gasteiger partial charge in [0.25, 0.3) is 0 Å². The number of amides is 2. The fourth-order valence-electron chi connectivity index (χ4n) is 4.81. The Balaban J connectivity index is 1.73. The van der Waals surface area contributed by atoms with Crippen LogP contribution in [0.25, 0.3) is 0 Å². The number of hydrogen-bond acceptors (Lipinski definition) is 4. The van der Waals surface area contributed by atoms with Crippen molar-refractivity contribution < 1.29 is 31.9 Å². The molecule has 2 heterocycles. The van der Waals surface area contributed by atoms with E-state index in [0.29, 0.717) is 24.0 Å². The van der Waals surface area contributed by atoms with E-state index in [2.05, 4.69) is 10.6 Å². The van der Waals surface area contributed by atoms with Crippen LogP contribution in [0.5, 0.6) is 0 Å². The van der Waals surface area contributed by atoms with Crippen molar-refractivity contribution in [3.8, 4) is 0 Å². The second-order valence-electron chi connectivity index (χ2n) is 10.6. The van der Waals surface area contributed by atoms with Crippen LogP contribution < -0.4 is 10.6 Å². The van der Waals surface area contributed by atoms with Crippen LogP contribution in [0.15, 0.2) is 18.2 Å². The van der Waals surface area contributed by atoms with Gasteiger partial charge in [-0.3, -0.25) is 19.3 Å². The first-order chi connectivity index (χ1) is 16.2. The lowest BCUT2D eigenvalue weighted by Crippen LogP contribution is -2.52. The Kier molecular flexibility index (Phi) is 8.24. The molecule has 1 unspecified atom stereocenters. The van der Waals surface area contributed by atoms with Gasteiger partial charge in [0.05, 0.1) is 18.5 Å². The zero-order chi connectivity index (χ0) is 26.0. The molecular weight excluding hydrogens is 466 g/mol. The van der Waals surface area contributed by atoms with Crippen molar-refractivity contribution in [3.05, 3.63) is 35.1 Å². The summed E-state index contributed by atoms with van der Waals surface area (Å²) < 4.78 is 52.9. The van der Waals surface area contributed by atoms with Gasteiger partial charge in [0.15, 0.2) is 5.78 Å². The Labute approximate surface area is 202 Å². The van der Waals surface area contributed by atoms with Crippen LogP contribution in [0.3, 0.4) is 0 Å². The van der Waals surface area contributed by atoms with E-state index in [0.717, 1.165) is 0 Å². The fraction of sp³-hybridized carbons (Fsp3) is 0.640. The SMILES string of the molecule is CC(C)(C)c1ccc(CC(=O)C(NC(=O)[C@@H]2CNC(=O)C2)C2CCN(CC(F)(F)F)CC2)cc1F. The van der Waals surface area contributed by atoms with Gasteiger partial charge in [0.2, 0.25) is 11.8 Å². The quantitative estimate of drug-likeness (QED) is 0.565. The average molecular weight is 500 g/mol. The minimum absolute atomic E-state index is 0.0241. The van der Waals surface area contributed by atoms with Crippen LogP contribution in [-0.4, -0.2) is 60.9 Å². The molecule has 0 aliphatic carbocycles. The molecule has 0 saturated carbocycles. The molecule has 3 rings (SSSR count). The van der Waals surface area contributed by atoms with E-state index in [-0.39, 0.29) is 50.1 Å². The molecule has 2 saturated heterocycles. The molecule has 2 N–H and O–H groups in total. The van der Waals surface area contributed by atoms with Crippen LogP contribution in [-0.2, 0) is 26.2 Å². The number of alkyl halides is 3. The molecule has 0 aromatic heterocycles. The van der Waals surface area contributed by atoms with Crippen molar-refractivity contribution in [3.63, 3.8) is 0 Å². The maximum Gasteiger partial charge on any atom is 0.401 e. The van der Waals surface area contributed by atoms with E-state index >= 15 is 0 Å². The minimum atomic E-state index is -4.30. The van der Waals surface area contributed by atoms with Crippen LogP contribution in [0.4, 0.5) is 17.6 Å². The van der Waals surface area contributed by atoms with E-state index in [1.807, 2.05) is 20.8 Å². The molecule has 1 aromatic rings. The first-order valence-electron chi connectivity index (χ1n) is 11.9. The highest BCUT2D eigenvalue weighted by atomic mass is 19.4. The van der Waals surface area contributed by atoms with Gasteiger partial charge in [-0.25, -0.2) is 4.39 Å². The van der Waals surface area contributed by atoms with Crippen molar-refractivity contribution in [2.45, 2.75) is 64.1 Å². The van der Waals surface area contributed by atoms with Crippen molar-refractivity contribution in [2.75, 3.05) is 26.2 Å². The number of halogens is 4. The molecule has 2 aliphatic rings. The zero-order valence-corrected chi connectivity index (χ0v) is 20.3. The van der Waals surface area contributed by atoms with E-state index in [4.69, 9.17) is 0 Å². The summed E-state index contributed by atoms with van der Waals surface area (Å²) in [7, 11) is 0. The molecule has 2 aliphatic heterocycles. The Morgan fingerprint density at radius 2 is 1.83 bits per heavy atom. The summed E-state index contributed by atoms with van der Waals surface area (Å²) in [4.78, 5) is 38.9. The molecular formula is C25H33F4N3O3. The second kappa shape index (κ2) is 10.6. The van der Waals surface area contributed by atoms with Crippen molar-refractivity contribution in [2.24, 2.45) is 11.8 Å². The largest absolute Gasteiger partial charge is 0.401 e. The smallest absolute Gasteiger partial charge is 0.355 e. The van der Waals surface area contributed by atoms with Gasteiger partial charge in [-0.1, -0.05) is 32.9 Å². The zero-order valence-electron chi connectivity index (χ0n) is 20.3. The summed E-state index contributed by atoms with van der Waals surface area (Å²) >= 11 is 0. The topological polar surface area (TPSA) is 78.5 Å². The van der Waals surface area contributed by atoms with Gasteiger partial charge in [-0.2, -0.15) is 13.2 Å². The lowest BCUT2D eigenvalue weighted by atomic mass is 9.83. The molecule has 2 amide bonds. The lowest BCUT2D eigenvalue weighted by molar-refractivity contribution is -0.149. The van der Waals surface area contributed by atoms with Gasteiger partial charge in [0.1, 0.15) is 5.82 Å². The number of ketones is 1. The Hall–Kier alpha value is -2.49. The lowest BCUT2D eigenvalue weighted by Gasteiger charge is -2.36. The number of carbonyl (C=O) groups excluding carboxylic acids is 3. The predicted molar refractivity (Wildman–Crippen MR) is 122 cm³/mol. The van der Waals surface area contributed by atoms with Gasteiger partial charge >= 0.3 is 6.18 Å². The van der Waals surface area contributed by atoms with E-state index < -0.39 is 41.8 Å². The molecule has 2 atom stereocenters. The summed E-state index contributed by atoms with van der Waals surface area (Å²) in [5.74, 6) is -2.38. The number of nitrogens with one attached hydrogen (secondary N) is 2. The first kappa shape index (κ1) is 27.1. The highest BCUT2D eigenvalue weighted by molar-refractivity contribution is 5.94. The van der Waals surface area contributed by atoms with E-state index in [1.54, 1.807) is 12.1 Å². The third kappa shape index (κ3) is 7.49. The molecule has 35 heavy (non-hydrogen) atoms. The Bertz CT molecular complexity index is 950. The van der Waals surface area contributed by atoms with Crippen molar-refractivity contribution >= 4 is 17.6 Å². The fourth-order valence-corrected chi connectivity index (χ4v) is 4.81. The standard InChI is InChI=1S/C25H33F4N3O3/c1-24(2,3)18-5-4-15(10-19(18)26)11-20(33)22(31-23(35)17-12-21(34)30-13-17)16-6-8-32(9-7-16)14-25(27,28)29/h4-5,10,16-17,22H,6-9,11-14H2,1-3H3,(H,30,34)(H,31,35)/t17-,22?/m0/s1. The molecule has 6 nitrogen and oxygen atoms in total. The Morgan fingerprint density at radius 1 is 1.17 bits per heavy atom. The summed E-state index contributed by atoms with van der Waals surface area (Å²) in [6.07, 6.45) is -3.77. The van der Waals surface area contributed by atoms with E-state index in [9.17, 15) is 31.9 Å². The van der Waals surface area contributed by atoms with Gasteiger partial charge < -0.3 is 10.6 Å². The monoisotopic (exact) mass is 499 g/mol. The molecule has 10 heteroatoms. The molecule has 0 radical (unpaired) electrons. The number of hydrogen-bond donors (Lipinski definition) is 2. The molecule has 1 aromatic carbocycles. The third-order valence-electron chi connectivity index (χ3n) is 6.72. The number of likely N-dealkylation sites (tertiary alicyclic amines) is 1. The van der Waals surface area contributed by atoms with Crippen LogP contribution in [0, 0.1) is 17.7 Å². The third-order valence-corrected chi connectivity index (χ3v) is 6.72. The minimum Gasteiger partial charge on any atom is -0.355 e. The highest BCUT2D eigenvalue weighted by Gasteiger charge is 2.38. The normalized spacial score (nSPS) is 21.0. The Morgan fingerprint density at radius 3 is 2.34 bits per heavy atom. The van der Waals surface area contributed by atoms with Gasteiger partial charge in [-0.05, 0) is 54.5 Å². The summed E-state index contributed by atoms with van der Waals surface area (Å²) in [6, 6.07) is 3.74. The van der Waals surface area contributed by atoms with Crippen LogP contribution >= 0.6 is 0 Å². The number of piperidine rings is 1. The van der Waals surface area contributed by atoms with Crippen LogP contribution in [0.1, 0.15) is 51.2 Å². The van der Waals surface area contributed by atoms with Gasteiger partial charge in [-0.15, -0.1) is 0 Å². The second-order valence-corrected chi connectivity index (χ2v) is 10.6. The summed E-state index contributed by atoms with van der Waals surface area (Å²) in [6.45, 7) is 5.13. The number of carbonyl (C=O) groups is 3. The molecule has 0 bridgehead atoms. The summed E-state index contributed by atoms with van der Waals surface area (Å²) in [5.41, 5.74) is 0.584. The van der Waals surface area contributed by atoms with Crippen molar-refractivity contribution in [1.82, 2.24) is 15.5 Å². The first-order valence-corrected chi connectivity index (χ1v) is 11.9. The van der Waals surface area contributed by atoms with Gasteiger partial charge in [0, 0.05) is 19.4 Å². The maximum absolute atomic E-state index is 14.7. The average Bonchev–Trinajstić information content (AvgIpc) is 3.17. The predicted octanol–water partition coefficient (Wildman–Crippen LogP) is 3.13. The number of rotatable bonds is 7. The number of Topliss-reactive ketones (excluding diaryl/α,β-unsaturated/α-hetero) is 1. The van der Waals surface area contributed by atoms with Crippen molar-refractivity contribution in [1.29, 1.82) is 0 Å². The summed E-state index contributed by atoms with van der Waals surface area (Å²) in [5, 5.41) is 5.35. The number of benzene rings is 1. The number of nitrogens with zero attached hydrogens (tertiary/aromatic N) is 1. The maximum atomic E-state index is 14.7. The van der Waals surface area contributed by atoms with Crippen LogP contribution in [0.2, 0.25) is 0 Å². The molecule has 2 fully saturated rings. The van der Waals surface area contributed by atoms with E-state index in [1.165, 1.54) is 11.0 Å².